The topological polar surface area (TPSA) is 3.24 Å². The Hall–Kier alpha value is -2.80. The Morgan fingerprint density at radius 1 is 0.667 bits per heavy atom. The van der Waals surface area contributed by atoms with Gasteiger partial charge in [-0.25, -0.2) is 0 Å². The molecule has 0 aromatic heterocycles. The molecule has 0 saturated heterocycles. The van der Waals surface area contributed by atoms with Gasteiger partial charge in [-0.2, -0.15) is 0 Å². The predicted molar refractivity (Wildman–Crippen MR) is 105 cm³/mol. The Morgan fingerprint density at radius 3 is 1.75 bits per heavy atom. The Balaban J connectivity index is 1.87. The molecule has 4 aromatic carbocycles. The molecule has 4 rings (SSSR count). The van der Waals surface area contributed by atoms with Gasteiger partial charge in [0.1, 0.15) is 0 Å². The maximum atomic E-state index is 2.29. The zero-order valence-electron chi connectivity index (χ0n) is 14.2. The van der Waals surface area contributed by atoms with Gasteiger partial charge < -0.3 is 4.90 Å². The Kier molecular flexibility index (Phi) is 3.70. The molecule has 0 amide bonds. The minimum atomic E-state index is 0.954. The van der Waals surface area contributed by atoms with E-state index in [2.05, 4.69) is 97.9 Å². The minimum Gasteiger partial charge on any atom is -0.378 e. The zero-order chi connectivity index (χ0) is 16.5. The molecular formula is C23H21N. The molecular weight excluding hydrogens is 290 g/mol. The summed E-state index contributed by atoms with van der Waals surface area (Å²) in [7, 11) is 4.15. The smallest absolute Gasteiger partial charge is 0.0361 e. The van der Waals surface area contributed by atoms with Crippen LogP contribution in [0.5, 0.6) is 0 Å². The SMILES string of the molecule is CN(C)c1ccc(Cc2c3ccccc3cc3ccccc23)cc1. The zero-order valence-corrected chi connectivity index (χ0v) is 14.2. The van der Waals surface area contributed by atoms with Crippen LogP contribution in [0.15, 0.2) is 78.9 Å². The molecule has 0 fully saturated rings. The van der Waals surface area contributed by atoms with E-state index in [1.807, 2.05) is 0 Å². The van der Waals surface area contributed by atoms with E-state index in [9.17, 15) is 0 Å². The summed E-state index contributed by atoms with van der Waals surface area (Å²) in [6.45, 7) is 0. The van der Waals surface area contributed by atoms with Crippen molar-refractivity contribution in [1.29, 1.82) is 0 Å². The normalized spacial score (nSPS) is 11.1. The average Bonchev–Trinajstić information content (AvgIpc) is 2.62. The van der Waals surface area contributed by atoms with Crippen LogP contribution in [0.1, 0.15) is 11.1 Å². The Bertz CT molecular complexity index is 943. The first-order chi connectivity index (χ1) is 11.7. The van der Waals surface area contributed by atoms with Crippen LogP contribution in [0, 0.1) is 0 Å². The van der Waals surface area contributed by atoms with E-state index in [1.165, 1.54) is 38.4 Å². The van der Waals surface area contributed by atoms with Gasteiger partial charge in [-0.3, -0.25) is 0 Å². The van der Waals surface area contributed by atoms with E-state index in [1.54, 1.807) is 0 Å². The van der Waals surface area contributed by atoms with Crippen LogP contribution in [-0.2, 0) is 6.42 Å². The van der Waals surface area contributed by atoms with Crippen molar-refractivity contribution >= 4 is 27.2 Å². The maximum absolute atomic E-state index is 2.29. The molecule has 4 aromatic rings. The van der Waals surface area contributed by atoms with E-state index < -0.39 is 0 Å². The van der Waals surface area contributed by atoms with Crippen molar-refractivity contribution < 1.29 is 0 Å². The molecule has 0 bridgehead atoms. The standard InChI is InChI=1S/C23H21N/c1-24(2)20-13-11-17(12-14-20)15-23-21-9-5-3-7-18(21)16-19-8-4-6-10-22(19)23/h3-14,16H,15H2,1-2H3. The summed E-state index contributed by atoms with van der Waals surface area (Å²) in [4.78, 5) is 2.14. The average molecular weight is 311 g/mol. The molecule has 0 radical (unpaired) electrons. The van der Waals surface area contributed by atoms with Crippen LogP contribution in [0.4, 0.5) is 5.69 Å². The molecule has 1 nitrogen and oxygen atoms in total. The second-order valence-electron chi connectivity index (χ2n) is 6.54. The number of hydrogen-bond acceptors (Lipinski definition) is 1. The fourth-order valence-corrected chi connectivity index (χ4v) is 3.41. The number of rotatable bonds is 3. The molecule has 0 aliphatic rings. The van der Waals surface area contributed by atoms with Gasteiger partial charge in [0.15, 0.2) is 0 Å². The lowest BCUT2D eigenvalue weighted by atomic mass is 9.92. The molecule has 1 heteroatoms. The lowest BCUT2D eigenvalue weighted by Crippen LogP contribution is -2.08. The third-order valence-electron chi connectivity index (χ3n) is 4.72. The van der Waals surface area contributed by atoms with Crippen LogP contribution in [0.25, 0.3) is 21.5 Å². The predicted octanol–water partition coefficient (Wildman–Crippen LogP) is 5.65. The molecule has 0 N–H and O–H groups in total. The van der Waals surface area contributed by atoms with Crippen LogP contribution in [0.3, 0.4) is 0 Å². The van der Waals surface area contributed by atoms with Gasteiger partial charge in [0.2, 0.25) is 0 Å². The van der Waals surface area contributed by atoms with E-state index in [0.717, 1.165) is 6.42 Å². The summed E-state index contributed by atoms with van der Waals surface area (Å²) in [5.41, 5.74) is 4.00. The highest BCUT2D eigenvalue weighted by molar-refractivity contribution is 6.02. The summed E-state index contributed by atoms with van der Waals surface area (Å²) >= 11 is 0. The molecule has 0 unspecified atom stereocenters. The lowest BCUT2D eigenvalue weighted by Gasteiger charge is -2.14. The Morgan fingerprint density at radius 2 is 1.21 bits per heavy atom. The van der Waals surface area contributed by atoms with E-state index in [-0.39, 0.29) is 0 Å². The second-order valence-corrected chi connectivity index (χ2v) is 6.54. The summed E-state index contributed by atoms with van der Waals surface area (Å²) in [5.74, 6) is 0. The molecule has 0 aliphatic carbocycles. The summed E-state index contributed by atoms with van der Waals surface area (Å²) in [6, 6.07) is 28.6. The van der Waals surface area contributed by atoms with Crippen LogP contribution in [0.2, 0.25) is 0 Å². The number of hydrogen-bond donors (Lipinski definition) is 0. The molecule has 0 saturated carbocycles. The third-order valence-corrected chi connectivity index (χ3v) is 4.72. The van der Waals surface area contributed by atoms with Crippen molar-refractivity contribution in [2.45, 2.75) is 6.42 Å². The number of fused-ring (bicyclic) bond motifs is 2. The van der Waals surface area contributed by atoms with Crippen molar-refractivity contribution in [1.82, 2.24) is 0 Å². The molecule has 118 valence electrons. The molecule has 24 heavy (non-hydrogen) atoms. The fourth-order valence-electron chi connectivity index (χ4n) is 3.41. The highest BCUT2D eigenvalue weighted by atomic mass is 15.1. The first-order valence-electron chi connectivity index (χ1n) is 8.38. The first-order valence-corrected chi connectivity index (χ1v) is 8.38. The largest absolute Gasteiger partial charge is 0.378 e. The summed E-state index contributed by atoms with van der Waals surface area (Å²) in [5, 5.41) is 5.34. The van der Waals surface area contributed by atoms with Gasteiger partial charge in [0, 0.05) is 19.8 Å². The highest BCUT2D eigenvalue weighted by Gasteiger charge is 2.08. The van der Waals surface area contributed by atoms with Crippen molar-refractivity contribution in [2.75, 3.05) is 19.0 Å². The van der Waals surface area contributed by atoms with E-state index >= 15 is 0 Å². The van der Waals surface area contributed by atoms with Gasteiger partial charge in [0.25, 0.3) is 0 Å². The lowest BCUT2D eigenvalue weighted by molar-refractivity contribution is 1.12. The number of nitrogens with zero attached hydrogens (tertiary/aromatic N) is 1. The van der Waals surface area contributed by atoms with Crippen molar-refractivity contribution in [3.8, 4) is 0 Å². The van der Waals surface area contributed by atoms with Crippen LogP contribution in [-0.4, -0.2) is 14.1 Å². The molecule has 0 heterocycles. The summed E-state index contributed by atoms with van der Waals surface area (Å²) in [6.07, 6.45) is 0.954. The minimum absolute atomic E-state index is 0.954. The van der Waals surface area contributed by atoms with E-state index in [0.29, 0.717) is 0 Å². The quantitative estimate of drug-likeness (QED) is 0.442. The second kappa shape index (κ2) is 6.01. The fraction of sp³-hybridized carbons (Fsp3) is 0.130. The number of benzene rings is 4. The van der Waals surface area contributed by atoms with Gasteiger partial charge >= 0.3 is 0 Å². The highest BCUT2D eigenvalue weighted by Crippen LogP contribution is 2.30. The van der Waals surface area contributed by atoms with Crippen LogP contribution >= 0.6 is 0 Å². The van der Waals surface area contributed by atoms with Crippen LogP contribution < -0.4 is 4.90 Å². The van der Waals surface area contributed by atoms with Gasteiger partial charge in [-0.1, -0.05) is 60.7 Å². The van der Waals surface area contributed by atoms with Crippen molar-refractivity contribution in [2.24, 2.45) is 0 Å². The molecule has 0 atom stereocenters. The molecule has 0 spiro atoms. The first kappa shape index (κ1) is 14.8. The van der Waals surface area contributed by atoms with E-state index in [4.69, 9.17) is 0 Å². The van der Waals surface area contributed by atoms with Gasteiger partial charge in [-0.05, 0) is 57.3 Å². The number of anilines is 1. The summed E-state index contributed by atoms with van der Waals surface area (Å²) < 4.78 is 0. The monoisotopic (exact) mass is 311 g/mol. The van der Waals surface area contributed by atoms with Gasteiger partial charge in [0.05, 0.1) is 0 Å². The van der Waals surface area contributed by atoms with Gasteiger partial charge in [-0.15, -0.1) is 0 Å². The molecule has 0 aliphatic heterocycles. The third kappa shape index (κ3) is 2.63. The van der Waals surface area contributed by atoms with Crippen molar-refractivity contribution in [3.05, 3.63) is 90.0 Å². The maximum Gasteiger partial charge on any atom is 0.0361 e. The Labute approximate surface area is 143 Å². The van der Waals surface area contributed by atoms with Crippen molar-refractivity contribution in [3.63, 3.8) is 0 Å².